The zero-order valence-electron chi connectivity index (χ0n) is 12.5. The highest BCUT2D eigenvalue weighted by atomic mass is 16.5. The first-order valence-electron chi connectivity index (χ1n) is 6.64. The molecule has 0 heterocycles. The molecule has 0 aliphatic carbocycles. The van der Waals surface area contributed by atoms with Crippen LogP contribution in [0.5, 0.6) is 5.75 Å². The number of nitrogens with zero attached hydrogens (tertiary/aromatic N) is 2. The van der Waals surface area contributed by atoms with Crippen molar-refractivity contribution in [2.75, 3.05) is 21.2 Å². The third-order valence-corrected chi connectivity index (χ3v) is 3.09. The van der Waals surface area contributed by atoms with Crippen LogP contribution in [-0.2, 0) is 4.79 Å². The van der Waals surface area contributed by atoms with Crippen molar-refractivity contribution in [2.24, 2.45) is 0 Å². The summed E-state index contributed by atoms with van der Waals surface area (Å²) in [6, 6.07) is 7.83. The smallest absolute Gasteiger partial charge is 0.237 e. The summed E-state index contributed by atoms with van der Waals surface area (Å²) in [5.41, 5.74) is 1.07. The van der Waals surface area contributed by atoms with Gasteiger partial charge in [0.15, 0.2) is 0 Å². The minimum atomic E-state index is -0.0100. The molecule has 0 N–H and O–H groups in total. The van der Waals surface area contributed by atoms with Gasteiger partial charge in [-0.05, 0) is 31.0 Å². The molecule has 106 valence electrons. The Morgan fingerprint density at radius 2 is 2.05 bits per heavy atom. The van der Waals surface area contributed by atoms with Crippen LogP contribution in [0.15, 0.2) is 24.3 Å². The number of hydrazine groups is 1. The topological polar surface area (TPSA) is 32.8 Å². The Hall–Kier alpha value is -1.55. The van der Waals surface area contributed by atoms with Gasteiger partial charge in [-0.25, -0.2) is 5.01 Å². The summed E-state index contributed by atoms with van der Waals surface area (Å²) in [4.78, 5) is 12.2. The van der Waals surface area contributed by atoms with Crippen LogP contribution >= 0.6 is 0 Å². The van der Waals surface area contributed by atoms with E-state index in [9.17, 15) is 4.79 Å². The second-order valence-electron chi connectivity index (χ2n) is 4.79. The molecule has 0 aromatic heterocycles. The Kier molecular flexibility index (Phi) is 5.83. The fourth-order valence-corrected chi connectivity index (χ4v) is 2.16. The molecule has 1 atom stereocenters. The number of methoxy groups -OCH3 is 1. The predicted octanol–water partition coefficient (Wildman–Crippen LogP) is 2.86. The van der Waals surface area contributed by atoms with E-state index >= 15 is 0 Å². The lowest BCUT2D eigenvalue weighted by Crippen LogP contribution is -2.43. The zero-order chi connectivity index (χ0) is 14.4. The summed E-state index contributed by atoms with van der Waals surface area (Å²) in [5, 5.41) is 3.64. The molecule has 0 radical (unpaired) electrons. The summed E-state index contributed by atoms with van der Waals surface area (Å²) in [6.45, 7) is 4.05. The number of hydrogen-bond donors (Lipinski definition) is 0. The third kappa shape index (κ3) is 3.96. The number of benzene rings is 1. The Bertz CT molecular complexity index is 418. The van der Waals surface area contributed by atoms with Gasteiger partial charge in [0, 0.05) is 20.5 Å². The first kappa shape index (κ1) is 15.5. The van der Waals surface area contributed by atoms with Gasteiger partial charge in [-0.2, -0.15) is 0 Å². The molecule has 0 unspecified atom stereocenters. The molecule has 1 aromatic carbocycles. The number of amides is 1. The highest BCUT2D eigenvalue weighted by Crippen LogP contribution is 2.25. The highest BCUT2D eigenvalue weighted by Gasteiger charge is 2.23. The number of rotatable bonds is 6. The second-order valence-corrected chi connectivity index (χ2v) is 4.79. The summed E-state index contributed by atoms with van der Waals surface area (Å²) in [7, 11) is 5.43. The van der Waals surface area contributed by atoms with Crippen LogP contribution in [0.4, 0.5) is 0 Å². The maximum atomic E-state index is 12.2. The van der Waals surface area contributed by atoms with Gasteiger partial charge in [0.05, 0.1) is 13.2 Å². The van der Waals surface area contributed by atoms with Crippen LogP contribution in [0.3, 0.4) is 0 Å². The highest BCUT2D eigenvalue weighted by molar-refractivity contribution is 5.76. The number of carbonyl (C=O) groups excluding carboxylic acids is 1. The first-order valence-corrected chi connectivity index (χ1v) is 6.64. The molecule has 0 fully saturated rings. The van der Waals surface area contributed by atoms with Crippen LogP contribution in [0.1, 0.15) is 38.3 Å². The van der Waals surface area contributed by atoms with E-state index < -0.39 is 0 Å². The van der Waals surface area contributed by atoms with Gasteiger partial charge in [0.2, 0.25) is 5.91 Å². The van der Waals surface area contributed by atoms with Crippen molar-refractivity contribution in [2.45, 2.75) is 32.7 Å². The van der Waals surface area contributed by atoms with E-state index in [1.807, 2.05) is 57.2 Å². The summed E-state index contributed by atoms with van der Waals surface area (Å²) in [5.74, 6) is 0.953. The van der Waals surface area contributed by atoms with Crippen molar-refractivity contribution in [3.8, 4) is 5.75 Å². The van der Waals surface area contributed by atoms with E-state index in [1.54, 1.807) is 12.1 Å². The molecule has 0 bridgehead atoms. The van der Waals surface area contributed by atoms with E-state index in [0.717, 1.165) is 17.7 Å². The Labute approximate surface area is 115 Å². The molecule has 0 aliphatic rings. The molecule has 0 saturated carbocycles. The fourth-order valence-electron chi connectivity index (χ4n) is 2.16. The Morgan fingerprint density at radius 1 is 1.37 bits per heavy atom. The average Bonchev–Trinajstić information content (AvgIpc) is 2.38. The maximum absolute atomic E-state index is 12.2. The van der Waals surface area contributed by atoms with Crippen LogP contribution < -0.4 is 4.74 Å². The van der Waals surface area contributed by atoms with Gasteiger partial charge in [0.25, 0.3) is 0 Å². The number of ether oxygens (including phenoxy) is 1. The van der Waals surface area contributed by atoms with E-state index in [0.29, 0.717) is 6.42 Å². The lowest BCUT2D eigenvalue weighted by atomic mass is 10.1. The van der Waals surface area contributed by atoms with Crippen LogP contribution in [-0.4, -0.2) is 37.1 Å². The van der Waals surface area contributed by atoms with E-state index in [1.165, 1.54) is 0 Å². The van der Waals surface area contributed by atoms with Crippen LogP contribution in [0, 0.1) is 0 Å². The normalized spacial score (nSPS) is 12.3. The molecule has 0 spiro atoms. The van der Waals surface area contributed by atoms with Crippen LogP contribution in [0.25, 0.3) is 0 Å². The van der Waals surface area contributed by atoms with Crippen molar-refractivity contribution in [1.82, 2.24) is 10.0 Å². The molecular formula is C15H24N2O2. The zero-order valence-corrected chi connectivity index (χ0v) is 12.5. The molecule has 1 aromatic rings. The summed E-state index contributed by atoms with van der Waals surface area (Å²) >= 11 is 0. The molecule has 0 saturated heterocycles. The van der Waals surface area contributed by atoms with Crippen molar-refractivity contribution < 1.29 is 9.53 Å². The van der Waals surface area contributed by atoms with Gasteiger partial charge < -0.3 is 4.74 Å². The number of hydrogen-bond acceptors (Lipinski definition) is 3. The minimum absolute atomic E-state index is 0.0100. The van der Waals surface area contributed by atoms with Crippen molar-refractivity contribution in [3.05, 3.63) is 29.8 Å². The molecule has 1 amide bonds. The van der Waals surface area contributed by atoms with Crippen LogP contribution in [0.2, 0.25) is 0 Å². The van der Waals surface area contributed by atoms with Gasteiger partial charge in [-0.1, -0.05) is 19.1 Å². The van der Waals surface area contributed by atoms with E-state index in [4.69, 9.17) is 4.74 Å². The second kappa shape index (κ2) is 7.14. The monoisotopic (exact) mass is 264 g/mol. The molecule has 4 nitrogen and oxygen atoms in total. The lowest BCUT2D eigenvalue weighted by Gasteiger charge is -2.35. The lowest BCUT2D eigenvalue weighted by molar-refractivity contribution is -0.149. The van der Waals surface area contributed by atoms with Crippen molar-refractivity contribution >= 4 is 5.91 Å². The van der Waals surface area contributed by atoms with Gasteiger partial charge in [-0.15, -0.1) is 0 Å². The standard InChI is InChI=1S/C15H24N2O2/c1-6-8-15(18)17(16(3)4)12(2)13-9-7-10-14(11-13)19-5/h7,9-12H,6,8H2,1-5H3/t12-/m1/s1. The van der Waals surface area contributed by atoms with Gasteiger partial charge in [-0.3, -0.25) is 9.80 Å². The largest absolute Gasteiger partial charge is 0.497 e. The average molecular weight is 264 g/mol. The van der Waals surface area contributed by atoms with E-state index in [-0.39, 0.29) is 11.9 Å². The minimum Gasteiger partial charge on any atom is -0.497 e. The van der Waals surface area contributed by atoms with E-state index in [2.05, 4.69) is 0 Å². The number of carbonyl (C=O) groups is 1. The van der Waals surface area contributed by atoms with Gasteiger partial charge in [0.1, 0.15) is 5.75 Å². The Balaban J connectivity index is 2.98. The Morgan fingerprint density at radius 3 is 2.58 bits per heavy atom. The van der Waals surface area contributed by atoms with Crippen molar-refractivity contribution in [1.29, 1.82) is 0 Å². The quantitative estimate of drug-likeness (QED) is 0.741. The SMILES string of the molecule is CCCC(=O)N([C@H](C)c1cccc(OC)c1)N(C)C. The summed E-state index contributed by atoms with van der Waals surface area (Å²) < 4.78 is 5.24. The molecule has 0 aliphatic heterocycles. The molecule has 19 heavy (non-hydrogen) atoms. The third-order valence-electron chi connectivity index (χ3n) is 3.09. The summed E-state index contributed by atoms with van der Waals surface area (Å²) in [6.07, 6.45) is 1.42. The maximum Gasteiger partial charge on any atom is 0.237 e. The van der Waals surface area contributed by atoms with Crippen molar-refractivity contribution in [3.63, 3.8) is 0 Å². The molecular weight excluding hydrogens is 240 g/mol. The molecule has 1 rings (SSSR count). The van der Waals surface area contributed by atoms with Gasteiger partial charge >= 0.3 is 0 Å². The first-order chi connectivity index (χ1) is 9.01. The fraction of sp³-hybridized carbons (Fsp3) is 0.533. The molecule has 4 heteroatoms. The predicted molar refractivity (Wildman–Crippen MR) is 76.9 cm³/mol.